The zero-order valence-electron chi connectivity index (χ0n) is 12.3. The first-order valence-electron chi connectivity index (χ1n) is 7.37. The van der Waals surface area contributed by atoms with Crippen molar-refractivity contribution in [3.05, 3.63) is 35.4 Å². The summed E-state index contributed by atoms with van der Waals surface area (Å²) in [6.45, 7) is 7.39. The van der Waals surface area contributed by atoms with Gasteiger partial charge >= 0.3 is 0 Å². The molecule has 1 unspecified atom stereocenters. The molecule has 0 amide bonds. The van der Waals surface area contributed by atoms with E-state index >= 15 is 0 Å². The van der Waals surface area contributed by atoms with Crippen molar-refractivity contribution in [1.29, 1.82) is 0 Å². The maximum atomic E-state index is 5.66. The predicted octanol–water partition coefficient (Wildman–Crippen LogP) is 1.85. The molecule has 1 aliphatic heterocycles. The molecule has 1 saturated heterocycles. The van der Waals surface area contributed by atoms with Crippen molar-refractivity contribution in [2.75, 3.05) is 33.2 Å². The van der Waals surface area contributed by atoms with Crippen LogP contribution in [0.4, 0.5) is 0 Å². The van der Waals surface area contributed by atoms with Crippen LogP contribution >= 0.6 is 0 Å². The minimum Gasteiger partial charge on any atom is -0.329 e. The Labute approximate surface area is 117 Å². The fraction of sp³-hybridized carbons (Fsp3) is 0.625. The van der Waals surface area contributed by atoms with Crippen LogP contribution in [0.2, 0.25) is 0 Å². The first-order chi connectivity index (χ1) is 9.19. The average Bonchev–Trinajstić information content (AvgIpc) is 2.39. The van der Waals surface area contributed by atoms with Crippen molar-refractivity contribution >= 4 is 0 Å². The summed E-state index contributed by atoms with van der Waals surface area (Å²) in [4.78, 5) is 5.00. The van der Waals surface area contributed by atoms with Crippen LogP contribution in [-0.4, -0.2) is 49.1 Å². The second kappa shape index (κ2) is 7.04. The van der Waals surface area contributed by atoms with Crippen LogP contribution in [-0.2, 0) is 6.54 Å². The number of benzene rings is 1. The van der Waals surface area contributed by atoms with E-state index in [1.165, 1.54) is 37.1 Å². The largest absolute Gasteiger partial charge is 0.329 e. The topological polar surface area (TPSA) is 32.5 Å². The molecule has 0 radical (unpaired) electrons. The fourth-order valence-electron chi connectivity index (χ4n) is 2.99. The van der Waals surface area contributed by atoms with Gasteiger partial charge in [-0.05, 0) is 38.9 Å². The van der Waals surface area contributed by atoms with Crippen LogP contribution in [0.25, 0.3) is 0 Å². The Kier molecular flexibility index (Phi) is 5.37. The van der Waals surface area contributed by atoms with Gasteiger partial charge in [-0.1, -0.05) is 29.8 Å². The first-order valence-corrected chi connectivity index (χ1v) is 7.37. The summed E-state index contributed by atoms with van der Waals surface area (Å²) in [7, 11) is 2.20. The first kappa shape index (κ1) is 14.5. The molecule has 0 aliphatic carbocycles. The zero-order valence-corrected chi connectivity index (χ0v) is 12.3. The van der Waals surface area contributed by atoms with Crippen molar-refractivity contribution in [3.8, 4) is 0 Å². The van der Waals surface area contributed by atoms with Gasteiger partial charge in [-0.15, -0.1) is 0 Å². The van der Waals surface area contributed by atoms with E-state index in [9.17, 15) is 0 Å². The molecular formula is C16H27N3. The third-order valence-electron chi connectivity index (χ3n) is 4.07. The molecule has 0 spiro atoms. The van der Waals surface area contributed by atoms with Crippen LogP contribution in [0.1, 0.15) is 24.0 Å². The number of aryl methyl sites for hydroxylation is 1. The highest BCUT2D eigenvalue weighted by Gasteiger charge is 2.22. The SMILES string of the molecule is Cc1cccc(CN2CCCC(N(C)CCN)C2)c1. The smallest absolute Gasteiger partial charge is 0.0234 e. The molecule has 0 bridgehead atoms. The minimum atomic E-state index is 0.669. The molecule has 1 heterocycles. The average molecular weight is 261 g/mol. The van der Waals surface area contributed by atoms with Crippen LogP contribution in [0.15, 0.2) is 24.3 Å². The van der Waals surface area contributed by atoms with Crippen LogP contribution in [0.5, 0.6) is 0 Å². The number of likely N-dealkylation sites (tertiary alicyclic amines) is 1. The van der Waals surface area contributed by atoms with E-state index < -0.39 is 0 Å². The van der Waals surface area contributed by atoms with Crippen molar-refractivity contribution in [1.82, 2.24) is 9.80 Å². The van der Waals surface area contributed by atoms with Gasteiger partial charge in [-0.25, -0.2) is 0 Å². The number of likely N-dealkylation sites (N-methyl/N-ethyl adjacent to an activating group) is 1. The molecule has 1 atom stereocenters. The molecule has 1 aromatic rings. The van der Waals surface area contributed by atoms with E-state index in [1.807, 2.05) is 0 Å². The summed E-state index contributed by atoms with van der Waals surface area (Å²) < 4.78 is 0. The van der Waals surface area contributed by atoms with Gasteiger partial charge in [0.05, 0.1) is 0 Å². The Bertz CT molecular complexity index is 391. The summed E-state index contributed by atoms with van der Waals surface area (Å²) in [6.07, 6.45) is 2.60. The summed E-state index contributed by atoms with van der Waals surface area (Å²) >= 11 is 0. The molecule has 1 aliphatic rings. The highest BCUT2D eigenvalue weighted by molar-refractivity contribution is 5.22. The van der Waals surface area contributed by atoms with Crippen molar-refractivity contribution in [2.24, 2.45) is 5.73 Å². The molecule has 3 heteroatoms. The van der Waals surface area contributed by atoms with E-state index in [-0.39, 0.29) is 0 Å². The lowest BCUT2D eigenvalue weighted by Gasteiger charge is -2.37. The molecule has 3 nitrogen and oxygen atoms in total. The van der Waals surface area contributed by atoms with Crippen LogP contribution in [0.3, 0.4) is 0 Å². The number of hydrogen-bond donors (Lipinski definition) is 1. The highest BCUT2D eigenvalue weighted by Crippen LogP contribution is 2.17. The second-order valence-electron chi connectivity index (χ2n) is 5.79. The number of nitrogens with two attached hydrogens (primary N) is 1. The third-order valence-corrected chi connectivity index (χ3v) is 4.07. The predicted molar refractivity (Wildman–Crippen MR) is 81.2 cm³/mol. The Morgan fingerprint density at radius 3 is 3.00 bits per heavy atom. The quantitative estimate of drug-likeness (QED) is 0.878. The molecule has 2 rings (SSSR count). The van der Waals surface area contributed by atoms with E-state index in [1.54, 1.807) is 0 Å². The second-order valence-corrected chi connectivity index (χ2v) is 5.79. The molecule has 19 heavy (non-hydrogen) atoms. The summed E-state index contributed by atoms with van der Waals surface area (Å²) in [6, 6.07) is 9.53. The number of nitrogens with zero attached hydrogens (tertiary/aromatic N) is 2. The fourth-order valence-corrected chi connectivity index (χ4v) is 2.99. The lowest BCUT2D eigenvalue weighted by Crippen LogP contribution is -2.47. The van der Waals surface area contributed by atoms with Crippen LogP contribution in [0, 0.1) is 6.92 Å². The van der Waals surface area contributed by atoms with E-state index in [0.29, 0.717) is 6.04 Å². The standard InChI is InChI=1S/C16H27N3/c1-14-5-3-6-15(11-14)12-19-9-4-7-16(13-19)18(2)10-8-17/h3,5-6,11,16H,4,7-10,12-13,17H2,1-2H3. The van der Waals surface area contributed by atoms with E-state index in [0.717, 1.165) is 19.6 Å². The number of piperidine rings is 1. The maximum absolute atomic E-state index is 5.66. The van der Waals surface area contributed by atoms with Gasteiger partial charge in [0, 0.05) is 32.2 Å². The Hall–Kier alpha value is -0.900. The van der Waals surface area contributed by atoms with Gasteiger partial charge in [0.2, 0.25) is 0 Å². The van der Waals surface area contributed by atoms with Crippen molar-refractivity contribution in [2.45, 2.75) is 32.4 Å². The van der Waals surface area contributed by atoms with Gasteiger partial charge in [-0.2, -0.15) is 0 Å². The van der Waals surface area contributed by atoms with E-state index in [2.05, 4.69) is 48.0 Å². The molecule has 106 valence electrons. The van der Waals surface area contributed by atoms with E-state index in [4.69, 9.17) is 5.73 Å². The molecule has 2 N–H and O–H groups in total. The summed E-state index contributed by atoms with van der Waals surface area (Å²) in [5.74, 6) is 0. The van der Waals surface area contributed by atoms with Crippen LogP contribution < -0.4 is 5.73 Å². The monoisotopic (exact) mass is 261 g/mol. The number of hydrogen-bond acceptors (Lipinski definition) is 3. The Morgan fingerprint density at radius 2 is 2.26 bits per heavy atom. The minimum absolute atomic E-state index is 0.669. The zero-order chi connectivity index (χ0) is 13.7. The normalized spacial score (nSPS) is 20.9. The van der Waals surface area contributed by atoms with Gasteiger partial charge in [0.15, 0.2) is 0 Å². The lowest BCUT2D eigenvalue weighted by atomic mass is 10.0. The highest BCUT2D eigenvalue weighted by atomic mass is 15.2. The van der Waals surface area contributed by atoms with Crippen molar-refractivity contribution in [3.63, 3.8) is 0 Å². The Morgan fingerprint density at radius 1 is 1.42 bits per heavy atom. The maximum Gasteiger partial charge on any atom is 0.0234 e. The molecule has 0 aromatic heterocycles. The summed E-state index contributed by atoms with van der Waals surface area (Å²) in [5.41, 5.74) is 8.44. The third kappa shape index (κ3) is 4.30. The van der Waals surface area contributed by atoms with Gasteiger partial charge in [0.25, 0.3) is 0 Å². The van der Waals surface area contributed by atoms with Gasteiger partial charge in [0.1, 0.15) is 0 Å². The molecule has 0 saturated carbocycles. The molecule has 1 fully saturated rings. The number of rotatable bonds is 5. The van der Waals surface area contributed by atoms with Gasteiger partial charge < -0.3 is 10.6 Å². The van der Waals surface area contributed by atoms with Crippen molar-refractivity contribution < 1.29 is 0 Å². The molecular weight excluding hydrogens is 234 g/mol. The lowest BCUT2D eigenvalue weighted by molar-refractivity contribution is 0.113. The molecule has 1 aromatic carbocycles. The Balaban J connectivity index is 1.90. The summed E-state index contributed by atoms with van der Waals surface area (Å²) in [5, 5.41) is 0. The van der Waals surface area contributed by atoms with Gasteiger partial charge in [-0.3, -0.25) is 4.90 Å².